The summed E-state index contributed by atoms with van der Waals surface area (Å²) in [6, 6.07) is 1.62. The Morgan fingerprint density at radius 3 is 2.65 bits per heavy atom. The first-order valence-corrected chi connectivity index (χ1v) is 9.22. The maximum absolute atomic E-state index is 12.8. The molecule has 0 unspecified atom stereocenters. The molecule has 0 spiro atoms. The summed E-state index contributed by atoms with van der Waals surface area (Å²) in [7, 11) is -3.42. The summed E-state index contributed by atoms with van der Waals surface area (Å²) in [4.78, 5) is 1.83. The van der Waals surface area contributed by atoms with Crippen molar-refractivity contribution in [3.8, 4) is 0 Å². The molecule has 1 fully saturated rings. The van der Waals surface area contributed by atoms with E-state index in [0.29, 0.717) is 22.9 Å². The van der Waals surface area contributed by atoms with Crippen molar-refractivity contribution in [3.05, 3.63) is 15.8 Å². The third-order valence-corrected chi connectivity index (χ3v) is 7.19. The first-order chi connectivity index (χ1) is 9.26. The van der Waals surface area contributed by atoms with E-state index in [0.717, 1.165) is 24.1 Å². The predicted octanol–water partition coefficient (Wildman–Crippen LogP) is 2.75. The Bertz CT molecular complexity index is 575. The highest BCUT2D eigenvalue weighted by molar-refractivity contribution is 7.89. The van der Waals surface area contributed by atoms with E-state index in [-0.39, 0.29) is 12.0 Å². The Morgan fingerprint density at radius 2 is 2.05 bits per heavy atom. The fraction of sp³-hybridized carbons (Fsp3) is 0.714. The number of nitrogens with zero attached hydrogens (tertiary/aromatic N) is 1. The third kappa shape index (κ3) is 3.24. The predicted molar refractivity (Wildman–Crippen MR) is 81.4 cm³/mol. The van der Waals surface area contributed by atoms with Gasteiger partial charge in [-0.2, -0.15) is 4.31 Å². The molecule has 0 aromatic carbocycles. The monoisotopic (exact) mass is 317 g/mol. The highest BCUT2D eigenvalue weighted by Crippen LogP contribution is 2.34. The molecule has 0 amide bonds. The lowest BCUT2D eigenvalue weighted by molar-refractivity contribution is 0.285. The second kappa shape index (κ2) is 5.75. The van der Waals surface area contributed by atoms with Gasteiger partial charge in [0.2, 0.25) is 10.0 Å². The largest absolute Gasteiger partial charge is 0.391 e. The Kier molecular flexibility index (Phi) is 4.59. The van der Waals surface area contributed by atoms with Crippen LogP contribution in [0.25, 0.3) is 0 Å². The molecule has 0 bridgehead atoms. The summed E-state index contributed by atoms with van der Waals surface area (Å²) in [6.07, 6.45) is 2.86. The number of sulfonamides is 1. The van der Waals surface area contributed by atoms with E-state index in [2.05, 4.69) is 13.8 Å². The second-order valence-electron chi connectivity index (χ2n) is 6.21. The Hall–Kier alpha value is -0.430. The van der Waals surface area contributed by atoms with Gasteiger partial charge >= 0.3 is 0 Å². The quantitative estimate of drug-likeness (QED) is 0.932. The van der Waals surface area contributed by atoms with Crippen molar-refractivity contribution < 1.29 is 13.5 Å². The minimum Gasteiger partial charge on any atom is -0.391 e. The Balaban J connectivity index is 2.28. The van der Waals surface area contributed by atoms with Gasteiger partial charge in [0.25, 0.3) is 0 Å². The van der Waals surface area contributed by atoms with Gasteiger partial charge in [-0.1, -0.05) is 13.8 Å². The number of aryl methyl sites for hydroxylation is 1. The van der Waals surface area contributed by atoms with Gasteiger partial charge in [-0.25, -0.2) is 8.42 Å². The number of hydrogen-bond donors (Lipinski definition) is 1. The molecule has 0 saturated carbocycles. The van der Waals surface area contributed by atoms with Crippen molar-refractivity contribution in [3.63, 3.8) is 0 Å². The molecule has 1 aromatic heterocycles. The lowest BCUT2D eigenvalue weighted by atomic mass is 9.85. The lowest BCUT2D eigenvalue weighted by Crippen LogP contribution is -2.32. The van der Waals surface area contributed by atoms with Crippen molar-refractivity contribution in [1.29, 1.82) is 0 Å². The number of aliphatic hydroxyl groups is 1. The maximum atomic E-state index is 12.8. The Labute approximate surface area is 125 Å². The molecule has 2 rings (SSSR count). The number of aliphatic hydroxyl groups excluding tert-OH is 1. The first kappa shape index (κ1) is 15.9. The van der Waals surface area contributed by atoms with Crippen LogP contribution in [0.3, 0.4) is 0 Å². The van der Waals surface area contributed by atoms with Gasteiger partial charge in [0.15, 0.2) is 0 Å². The normalized spacial score (nSPS) is 20.8. The van der Waals surface area contributed by atoms with Gasteiger partial charge < -0.3 is 5.11 Å². The lowest BCUT2D eigenvalue weighted by Gasteiger charge is -2.23. The standard InChI is InChI=1S/C14H23NO3S2/c1-11-13(9-12(10-16)19-11)20(17,18)15-7-4-5-14(2,3)6-8-15/h9,16H,4-8,10H2,1-3H3. The van der Waals surface area contributed by atoms with Crippen molar-refractivity contribution >= 4 is 21.4 Å². The molecule has 1 N–H and O–H groups in total. The third-order valence-electron chi connectivity index (χ3n) is 4.00. The van der Waals surface area contributed by atoms with Gasteiger partial charge in [0.1, 0.15) is 0 Å². The van der Waals surface area contributed by atoms with E-state index >= 15 is 0 Å². The highest BCUT2D eigenvalue weighted by Gasteiger charge is 2.32. The van der Waals surface area contributed by atoms with Crippen molar-refractivity contribution in [2.45, 2.75) is 51.5 Å². The Morgan fingerprint density at radius 1 is 1.35 bits per heavy atom. The van der Waals surface area contributed by atoms with Crippen LogP contribution in [0, 0.1) is 12.3 Å². The van der Waals surface area contributed by atoms with Crippen molar-refractivity contribution in [2.75, 3.05) is 13.1 Å². The van der Waals surface area contributed by atoms with Crippen molar-refractivity contribution in [1.82, 2.24) is 4.31 Å². The minimum absolute atomic E-state index is 0.103. The molecule has 1 aliphatic heterocycles. The van der Waals surface area contributed by atoms with Gasteiger partial charge in [-0.05, 0) is 37.7 Å². The molecular weight excluding hydrogens is 294 g/mol. The summed E-state index contributed by atoms with van der Waals surface area (Å²) in [5, 5.41) is 9.17. The zero-order valence-electron chi connectivity index (χ0n) is 12.3. The van der Waals surface area contributed by atoms with Gasteiger partial charge in [-0.3, -0.25) is 0 Å². The van der Waals surface area contributed by atoms with E-state index in [1.807, 2.05) is 0 Å². The van der Waals surface area contributed by atoms with Gasteiger partial charge in [0, 0.05) is 22.8 Å². The molecule has 0 aliphatic carbocycles. The summed E-state index contributed by atoms with van der Waals surface area (Å²) in [5.41, 5.74) is 0.213. The summed E-state index contributed by atoms with van der Waals surface area (Å²) < 4.78 is 27.1. The summed E-state index contributed by atoms with van der Waals surface area (Å²) in [6.45, 7) is 7.27. The van der Waals surface area contributed by atoms with Gasteiger partial charge in [-0.15, -0.1) is 11.3 Å². The van der Waals surface area contributed by atoms with Crippen LogP contribution in [-0.4, -0.2) is 30.9 Å². The van der Waals surface area contributed by atoms with E-state index in [9.17, 15) is 8.42 Å². The van der Waals surface area contributed by atoms with Crippen LogP contribution in [0.5, 0.6) is 0 Å². The zero-order valence-corrected chi connectivity index (χ0v) is 14.0. The molecule has 0 radical (unpaired) electrons. The first-order valence-electron chi connectivity index (χ1n) is 6.96. The van der Waals surface area contributed by atoms with E-state index in [1.54, 1.807) is 17.3 Å². The highest BCUT2D eigenvalue weighted by atomic mass is 32.2. The maximum Gasteiger partial charge on any atom is 0.244 e. The van der Waals surface area contributed by atoms with E-state index in [4.69, 9.17) is 5.11 Å². The van der Waals surface area contributed by atoms with Gasteiger partial charge in [0.05, 0.1) is 11.5 Å². The fourth-order valence-corrected chi connectivity index (χ4v) is 5.58. The fourth-order valence-electron chi connectivity index (χ4n) is 2.64. The SMILES string of the molecule is Cc1sc(CO)cc1S(=O)(=O)N1CCCC(C)(C)CC1. The average molecular weight is 317 g/mol. The number of hydrogen-bond acceptors (Lipinski definition) is 4. The minimum atomic E-state index is -3.42. The topological polar surface area (TPSA) is 57.6 Å². The van der Waals surface area contributed by atoms with Crippen LogP contribution in [0.1, 0.15) is 42.9 Å². The van der Waals surface area contributed by atoms with Crippen LogP contribution in [0.4, 0.5) is 0 Å². The van der Waals surface area contributed by atoms with E-state index in [1.165, 1.54) is 11.3 Å². The van der Waals surface area contributed by atoms with Crippen LogP contribution in [0.15, 0.2) is 11.0 Å². The zero-order chi connectivity index (χ0) is 15.0. The molecule has 1 aliphatic rings. The molecule has 114 valence electrons. The van der Waals surface area contributed by atoms with Crippen LogP contribution in [0.2, 0.25) is 0 Å². The summed E-state index contributed by atoms with van der Waals surface area (Å²) >= 11 is 1.35. The molecule has 20 heavy (non-hydrogen) atoms. The molecule has 1 aromatic rings. The van der Waals surface area contributed by atoms with Crippen LogP contribution >= 0.6 is 11.3 Å². The molecular formula is C14H23NO3S2. The molecule has 1 saturated heterocycles. The molecule has 6 heteroatoms. The van der Waals surface area contributed by atoms with Crippen molar-refractivity contribution in [2.24, 2.45) is 5.41 Å². The summed E-state index contributed by atoms with van der Waals surface area (Å²) in [5.74, 6) is 0. The van der Waals surface area contributed by atoms with Crippen LogP contribution in [-0.2, 0) is 16.6 Å². The molecule has 0 atom stereocenters. The smallest absolute Gasteiger partial charge is 0.244 e. The second-order valence-corrected chi connectivity index (χ2v) is 9.46. The van der Waals surface area contributed by atoms with E-state index < -0.39 is 10.0 Å². The number of rotatable bonds is 3. The van der Waals surface area contributed by atoms with Crippen LogP contribution < -0.4 is 0 Å². The average Bonchev–Trinajstić information content (AvgIpc) is 2.64. The molecule has 2 heterocycles. The molecule has 4 nitrogen and oxygen atoms in total. The number of thiophene rings is 1.